The van der Waals surface area contributed by atoms with Crippen LogP contribution in [0.5, 0.6) is 0 Å². The second kappa shape index (κ2) is 5.43. The van der Waals surface area contributed by atoms with E-state index in [1.165, 1.54) is 0 Å². The molecule has 2 rings (SSSR count). The molecule has 1 N–H and O–H groups in total. The van der Waals surface area contributed by atoms with E-state index in [4.69, 9.17) is 0 Å². The molecule has 1 aliphatic heterocycles. The van der Waals surface area contributed by atoms with Gasteiger partial charge in [-0.15, -0.1) is 0 Å². The van der Waals surface area contributed by atoms with Crippen molar-refractivity contribution in [3.05, 3.63) is 29.8 Å². The maximum atomic E-state index is 12.5. The third-order valence-corrected chi connectivity index (χ3v) is 3.57. The molecule has 1 fully saturated rings. The van der Waals surface area contributed by atoms with E-state index in [9.17, 15) is 9.59 Å². The van der Waals surface area contributed by atoms with E-state index in [1.54, 1.807) is 4.90 Å². The maximum Gasteiger partial charge on any atom is 0.250 e. The molecular formula is C15H20N2O2. The molecule has 1 aliphatic rings. The van der Waals surface area contributed by atoms with Gasteiger partial charge in [-0.25, -0.2) is 0 Å². The molecule has 4 nitrogen and oxygen atoms in total. The van der Waals surface area contributed by atoms with Crippen molar-refractivity contribution in [1.29, 1.82) is 0 Å². The fraction of sp³-hybridized carbons (Fsp3) is 0.467. The lowest BCUT2D eigenvalue weighted by atomic mass is 10.0. The van der Waals surface area contributed by atoms with Gasteiger partial charge in [-0.3, -0.25) is 14.5 Å². The number of hydrogen-bond acceptors (Lipinski definition) is 2. The van der Waals surface area contributed by atoms with E-state index in [0.29, 0.717) is 12.8 Å². The topological polar surface area (TPSA) is 49.4 Å². The van der Waals surface area contributed by atoms with Gasteiger partial charge < -0.3 is 5.32 Å². The van der Waals surface area contributed by atoms with Gasteiger partial charge in [0.2, 0.25) is 11.8 Å². The number of hydrogen-bond donors (Lipinski definition) is 1. The molecule has 102 valence electrons. The van der Waals surface area contributed by atoms with Gasteiger partial charge in [0.15, 0.2) is 0 Å². The fourth-order valence-electron chi connectivity index (χ4n) is 2.43. The minimum Gasteiger partial charge on any atom is -0.342 e. The predicted molar refractivity (Wildman–Crippen MR) is 75.0 cm³/mol. The van der Waals surface area contributed by atoms with Crippen LogP contribution in [-0.2, 0) is 9.59 Å². The summed E-state index contributed by atoms with van der Waals surface area (Å²) in [6, 6.07) is 6.92. The number of aryl methyl sites for hydroxylation is 1. The average Bonchev–Trinajstić information content (AvgIpc) is 2.41. The van der Waals surface area contributed by atoms with Crippen LogP contribution in [0.1, 0.15) is 32.3 Å². The highest BCUT2D eigenvalue weighted by atomic mass is 16.2. The van der Waals surface area contributed by atoms with Gasteiger partial charge in [0.25, 0.3) is 0 Å². The number of amides is 2. The minimum absolute atomic E-state index is 0.0159. The van der Waals surface area contributed by atoms with Gasteiger partial charge in [-0.1, -0.05) is 31.5 Å². The molecule has 0 radical (unpaired) electrons. The van der Waals surface area contributed by atoms with E-state index in [0.717, 1.165) is 11.3 Å². The number of anilines is 1. The second-order valence-electron chi connectivity index (χ2n) is 4.94. The normalized spacial score (nSPS) is 23.4. The zero-order valence-corrected chi connectivity index (χ0v) is 11.6. The molecule has 1 aromatic carbocycles. The Morgan fingerprint density at radius 2 is 1.74 bits per heavy atom. The minimum atomic E-state index is -0.406. The first-order chi connectivity index (χ1) is 9.08. The van der Waals surface area contributed by atoms with Gasteiger partial charge >= 0.3 is 0 Å². The van der Waals surface area contributed by atoms with Crippen LogP contribution in [0, 0.1) is 6.92 Å². The zero-order valence-electron chi connectivity index (χ0n) is 11.6. The quantitative estimate of drug-likeness (QED) is 0.904. The lowest BCUT2D eigenvalue weighted by molar-refractivity contribution is -0.134. The molecule has 1 saturated heterocycles. The number of nitrogens with zero attached hydrogens (tertiary/aromatic N) is 1. The average molecular weight is 260 g/mol. The van der Waals surface area contributed by atoms with Crippen LogP contribution in [-0.4, -0.2) is 23.9 Å². The molecule has 2 amide bonds. The standard InChI is InChI=1S/C15H20N2O2/c1-4-12-15(19)17(13(5-2)14(18)16-12)11-8-6-10(3)7-9-11/h6-9,12-13H,4-5H2,1-3H3,(H,16,18). The molecule has 0 aromatic heterocycles. The molecule has 2 atom stereocenters. The Bertz CT molecular complexity index is 481. The van der Waals surface area contributed by atoms with Gasteiger partial charge in [-0.2, -0.15) is 0 Å². The Morgan fingerprint density at radius 3 is 2.26 bits per heavy atom. The highest BCUT2D eigenvalue weighted by molar-refractivity contribution is 6.08. The van der Waals surface area contributed by atoms with Crippen molar-refractivity contribution >= 4 is 17.5 Å². The summed E-state index contributed by atoms with van der Waals surface area (Å²) in [6.07, 6.45) is 1.23. The first kappa shape index (κ1) is 13.6. The Labute approximate surface area is 113 Å². The molecule has 1 aromatic rings. The summed E-state index contributed by atoms with van der Waals surface area (Å²) >= 11 is 0. The van der Waals surface area contributed by atoms with Crippen molar-refractivity contribution in [1.82, 2.24) is 5.32 Å². The van der Waals surface area contributed by atoms with E-state index >= 15 is 0 Å². The third kappa shape index (κ3) is 2.48. The van der Waals surface area contributed by atoms with Crippen LogP contribution in [0.4, 0.5) is 5.69 Å². The van der Waals surface area contributed by atoms with Crippen molar-refractivity contribution in [3.8, 4) is 0 Å². The summed E-state index contributed by atoms with van der Waals surface area (Å²) in [6.45, 7) is 5.83. The van der Waals surface area contributed by atoms with Crippen LogP contribution in [0.25, 0.3) is 0 Å². The Kier molecular flexibility index (Phi) is 3.88. The molecule has 0 aliphatic carbocycles. The largest absolute Gasteiger partial charge is 0.342 e. The Morgan fingerprint density at radius 1 is 1.11 bits per heavy atom. The van der Waals surface area contributed by atoms with Crippen LogP contribution < -0.4 is 10.2 Å². The molecule has 2 unspecified atom stereocenters. The van der Waals surface area contributed by atoms with Crippen molar-refractivity contribution in [2.24, 2.45) is 0 Å². The lowest BCUT2D eigenvalue weighted by Crippen LogP contribution is -2.63. The van der Waals surface area contributed by atoms with Crippen molar-refractivity contribution in [2.45, 2.75) is 45.7 Å². The monoisotopic (exact) mass is 260 g/mol. The summed E-state index contributed by atoms with van der Waals surface area (Å²) in [5.41, 5.74) is 1.94. The second-order valence-corrected chi connectivity index (χ2v) is 4.94. The van der Waals surface area contributed by atoms with Gasteiger partial charge in [0.05, 0.1) is 0 Å². The summed E-state index contributed by atoms with van der Waals surface area (Å²) in [7, 11) is 0. The highest BCUT2D eigenvalue weighted by Crippen LogP contribution is 2.24. The molecule has 0 spiro atoms. The Balaban J connectivity index is 2.39. The summed E-state index contributed by atoms with van der Waals surface area (Å²) in [5.74, 6) is -0.0765. The van der Waals surface area contributed by atoms with Gasteiger partial charge in [0.1, 0.15) is 12.1 Å². The predicted octanol–water partition coefficient (Wildman–Crippen LogP) is 2.02. The van der Waals surface area contributed by atoms with Crippen LogP contribution in [0.15, 0.2) is 24.3 Å². The number of carbonyl (C=O) groups excluding carboxylic acids is 2. The first-order valence-corrected chi connectivity index (χ1v) is 6.78. The molecule has 0 saturated carbocycles. The van der Waals surface area contributed by atoms with Crippen LogP contribution >= 0.6 is 0 Å². The van der Waals surface area contributed by atoms with Gasteiger partial charge in [0, 0.05) is 5.69 Å². The number of carbonyl (C=O) groups is 2. The zero-order chi connectivity index (χ0) is 14.0. The first-order valence-electron chi connectivity index (χ1n) is 6.78. The molecule has 4 heteroatoms. The van der Waals surface area contributed by atoms with Gasteiger partial charge in [-0.05, 0) is 31.9 Å². The van der Waals surface area contributed by atoms with E-state index in [-0.39, 0.29) is 11.8 Å². The SMILES string of the molecule is CCC1NC(=O)C(CC)N(c2ccc(C)cc2)C1=O. The van der Waals surface area contributed by atoms with Crippen LogP contribution in [0.3, 0.4) is 0 Å². The maximum absolute atomic E-state index is 12.5. The fourth-order valence-corrected chi connectivity index (χ4v) is 2.43. The molecule has 19 heavy (non-hydrogen) atoms. The van der Waals surface area contributed by atoms with E-state index in [1.807, 2.05) is 45.0 Å². The third-order valence-electron chi connectivity index (χ3n) is 3.57. The van der Waals surface area contributed by atoms with Crippen LogP contribution in [0.2, 0.25) is 0 Å². The lowest BCUT2D eigenvalue weighted by Gasteiger charge is -2.38. The molecule has 1 heterocycles. The number of benzene rings is 1. The smallest absolute Gasteiger partial charge is 0.250 e. The van der Waals surface area contributed by atoms with E-state index < -0.39 is 12.1 Å². The number of rotatable bonds is 3. The Hall–Kier alpha value is -1.84. The van der Waals surface area contributed by atoms with Crippen molar-refractivity contribution < 1.29 is 9.59 Å². The summed E-state index contributed by atoms with van der Waals surface area (Å²) in [5, 5.41) is 2.80. The summed E-state index contributed by atoms with van der Waals surface area (Å²) < 4.78 is 0. The highest BCUT2D eigenvalue weighted by Gasteiger charge is 2.39. The molecule has 0 bridgehead atoms. The summed E-state index contributed by atoms with van der Waals surface area (Å²) in [4.78, 5) is 26.2. The molecular weight excluding hydrogens is 240 g/mol. The number of piperazine rings is 1. The number of nitrogens with one attached hydrogen (secondary N) is 1. The van der Waals surface area contributed by atoms with Crippen molar-refractivity contribution in [2.75, 3.05) is 4.90 Å². The van der Waals surface area contributed by atoms with E-state index in [2.05, 4.69) is 5.32 Å². The van der Waals surface area contributed by atoms with Crippen molar-refractivity contribution in [3.63, 3.8) is 0 Å².